The number of nitrogens with zero attached hydrogens (tertiary/aromatic N) is 1. The van der Waals surface area contributed by atoms with Crippen molar-refractivity contribution >= 4 is 13.7 Å². The van der Waals surface area contributed by atoms with E-state index in [1.54, 1.807) is 6.08 Å². The molecule has 50 heavy (non-hydrogen) atoms. The monoisotopic (exact) mass is 721 g/mol. The Labute approximate surface area is 306 Å². The number of rotatable bonds is 33. The maximum Gasteiger partial charge on any atom is 0.268 e. The van der Waals surface area contributed by atoms with Crippen LogP contribution in [-0.4, -0.2) is 68.5 Å². The quantitative estimate of drug-likeness (QED) is 0.0303. The summed E-state index contributed by atoms with van der Waals surface area (Å²) in [5.41, 5.74) is 0. The molecule has 288 valence electrons. The van der Waals surface area contributed by atoms with E-state index in [9.17, 15) is 19.4 Å². The molecule has 0 saturated carbocycles. The van der Waals surface area contributed by atoms with Crippen LogP contribution in [0.5, 0.6) is 0 Å². The number of quaternary nitrogens is 1. The number of likely N-dealkylation sites (N-methyl/N-ethyl adjacent to an activating group) is 1. The molecule has 3 atom stereocenters. The normalized spacial score (nSPS) is 15.4. The third-order valence-corrected chi connectivity index (χ3v) is 8.89. The van der Waals surface area contributed by atoms with Gasteiger partial charge < -0.3 is 28.8 Å². The van der Waals surface area contributed by atoms with Crippen LogP contribution in [0, 0.1) is 0 Å². The summed E-state index contributed by atoms with van der Waals surface area (Å²) in [4.78, 5) is 25.1. The molecule has 0 spiro atoms. The molecule has 0 aromatic carbocycles. The first-order valence-electron chi connectivity index (χ1n) is 19.3. The van der Waals surface area contributed by atoms with E-state index in [2.05, 4.69) is 79.9 Å². The van der Waals surface area contributed by atoms with Gasteiger partial charge in [0.05, 0.1) is 39.9 Å². The number of phosphoric acid groups is 1. The van der Waals surface area contributed by atoms with Crippen LogP contribution in [-0.2, 0) is 18.4 Å². The van der Waals surface area contributed by atoms with Crippen LogP contribution in [0.15, 0.2) is 72.9 Å². The van der Waals surface area contributed by atoms with Gasteiger partial charge in [-0.25, -0.2) is 0 Å². The summed E-state index contributed by atoms with van der Waals surface area (Å²) >= 11 is 0. The average molecular weight is 721 g/mol. The van der Waals surface area contributed by atoms with Crippen LogP contribution in [0.1, 0.15) is 129 Å². The van der Waals surface area contributed by atoms with Crippen LogP contribution in [0.25, 0.3) is 0 Å². The van der Waals surface area contributed by atoms with Gasteiger partial charge in [0.1, 0.15) is 13.2 Å². The Morgan fingerprint density at radius 2 is 1.22 bits per heavy atom. The second-order valence-corrected chi connectivity index (χ2v) is 15.3. The molecule has 9 heteroatoms. The van der Waals surface area contributed by atoms with E-state index < -0.39 is 26.6 Å². The van der Waals surface area contributed by atoms with Crippen molar-refractivity contribution in [1.29, 1.82) is 0 Å². The maximum atomic E-state index is 12.8. The second kappa shape index (κ2) is 32.8. The van der Waals surface area contributed by atoms with E-state index in [4.69, 9.17) is 9.05 Å². The summed E-state index contributed by atoms with van der Waals surface area (Å²) < 4.78 is 23.0. The molecule has 0 aliphatic heterocycles. The summed E-state index contributed by atoms with van der Waals surface area (Å²) in [5, 5.41) is 13.6. The largest absolute Gasteiger partial charge is 0.756 e. The highest BCUT2D eigenvalue weighted by molar-refractivity contribution is 7.45. The molecule has 0 bridgehead atoms. The van der Waals surface area contributed by atoms with Gasteiger partial charge >= 0.3 is 0 Å². The number of nitrogens with one attached hydrogen (secondary N) is 1. The molecule has 0 heterocycles. The van der Waals surface area contributed by atoms with Crippen molar-refractivity contribution in [3.63, 3.8) is 0 Å². The van der Waals surface area contributed by atoms with Crippen molar-refractivity contribution in [3.05, 3.63) is 72.9 Å². The van der Waals surface area contributed by atoms with E-state index in [1.807, 2.05) is 27.2 Å². The lowest BCUT2D eigenvalue weighted by Crippen LogP contribution is -2.45. The standard InChI is InChI=1S/C41H73N2O6P/c1-6-8-10-12-14-16-17-18-19-20-21-22-23-24-25-27-29-31-33-35-41(45)42-39(38-49-50(46,47)48-37-36-43(3,4)5)40(44)34-32-30-28-26-15-13-11-9-7-2/h8,10,14,16,18-19,21-22,24-25,32,34,39-40,44H,6-7,9,11-13,15,17,20,23,26-31,33,35-38H2,1-5H3,(H-,42,45,46,47)/b10-8-,16-14-,19-18-,22-21-,25-24-,34-32+. The van der Waals surface area contributed by atoms with E-state index in [0.717, 1.165) is 70.6 Å². The Morgan fingerprint density at radius 3 is 1.78 bits per heavy atom. The van der Waals surface area contributed by atoms with E-state index in [1.165, 1.54) is 32.1 Å². The summed E-state index contributed by atoms with van der Waals surface area (Å²) in [7, 11) is 1.22. The molecule has 0 aliphatic carbocycles. The van der Waals surface area contributed by atoms with Crippen molar-refractivity contribution in [2.45, 2.75) is 142 Å². The van der Waals surface area contributed by atoms with Crippen LogP contribution in [0.4, 0.5) is 0 Å². The van der Waals surface area contributed by atoms with Gasteiger partial charge in [0.25, 0.3) is 7.82 Å². The molecule has 0 aromatic heterocycles. The molecule has 0 fully saturated rings. The van der Waals surface area contributed by atoms with Crippen molar-refractivity contribution in [1.82, 2.24) is 5.32 Å². The van der Waals surface area contributed by atoms with Gasteiger partial charge in [-0.3, -0.25) is 9.36 Å². The predicted octanol–water partition coefficient (Wildman–Crippen LogP) is 9.44. The zero-order chi connectivity index (χ0) is 37.2. The number of hydrogen-bond acceptors (Lipinski definition) is 6. The SMILES string of the molecule is CC/C=C\C/C=C\C/C=C\C/C=C\C/C=C\CCCCCC(=O)NC(COP(=O)([O-])OCC[N+](C)(C)C)C(O)/C=C/CCCCCCCCC. The van der Waals surface area contributed by atoms with Crippen molar-refractivity contribution in [2.75, 3.05) is 40.9 Å². The number of phosphoric ester groups is 1. The highest BCUT2D eigenvalue weighted by Crippen LogP contribution is 2.38. The van der Waals surface area contributed by atoms with Gasteiger partial charge in [0, 0.05) is 6.42 Å². The number of allylic oxidation sites excluding steroid dienone is 11. The van der Waals surface area contributed by atoms with Gasteiger partial charge in [-0.1, -0.05) is 132 Å². The average Bonchev–Trinajstić information content (AvgIpc) is 3.06. The second-order valence-electron chi connectivity index (χ2n) is 13.9. The molecule has 3 unspecified atom stereocenters. The molecule has 0 aromatic rings. The highest BCUT2D eigenvalue weighted by atomic mass is 31.2. The third-order valence-electron chi connectivity index (χ3n) is 7.92. The summed E-state index contributed by atoms with van der Waals surface area (Å²) in [6.45, 7) is 4.43. The fourth-order valence-electron chi connectivity index (χ4n) is 4.82. The Hall–Kier alpha value is -2.06. The number of unbranched alkanes of at least 4 members (excludes halogenated alkanes) is 10. The molecule has 0 rings (SSSR count). The van der Waals surface area contributed by atoms with Crippen LogP contribution >= 0.6 is 7.82 Å². The predicted molar refractivity (Wildman–Crippen MR) is 210 cm³/mol. The lowest BCUT2D eigenvalue weighted by atomic mass is 10.1. The van der Waals surface area contributed by atoms with Gasteiger partial charge in [0.15, 0.2) is 0 Å². The summed E-state index contributed by atoms with van der Waals surface area (Å²) in [5.74, 6) is -0.236. The van der Waals surface area contributed by atoms with E-state index in [0.29, 0.717) is 23.9 Å². The first-order chi connectivity index (χ1) is 24.0. The Morgan fingerprint density at radius 1 is 0.720 bits per heavy atom. The van der Waals surface area contributed by atoms with Gasteiger partial charge in [0.2, 0.25) is 5.91 Å². The molecule has 0 radical (unpaired) electrons. The van der Waals surface area contributed by atoms with Crippen LogP contribution < -0.4 is 10.2 Å². The Bertz CT molecular complexity index is 1040. The molecule has 0 aliphatic rings. The fourth-order valence-corrected chi connectivity index (χ4v) is 5.55. The number of aliphatic hydroxyl groups excluding tert-OH is 1. The number of aliphatic hydroxyl groups is 1. The number of hydrogen-bond donors (Lipinski definition) is 2. The van der Waals surface area contributed by atoms with E-state index in [-0.39, 0.29) is 12.5 Å². The molecule has 1 amide bonds. The number of amides is 1. The molecular formula is C41H73N2O6P. The molecule has 2 N–H and O–H groups in total. The molecule has 8 nitrogen and oxygen atoms in total. The van der Waals surface area contributed by atoms with Crippen LogP contribution in [0.3, 0.4) is 0 Å². The first kappa shape index (κ1) is 47.9. The lowest BCUT2D eigenvalue weighted by Gasteiger charge is -2.29. The Kier molecular flexibility index (Phi) is 31.5. The molecule has 0 saturated heterocycles. The van der Waals surface area contributed by atoms with Gasteiger partial charge in [-0.05, 0) is 64.2 Å². The third kappa shape index (κ3) is 34.4. The molecular weight excluding hydrogens is 647 g/mol. The van der Waals surface area contributed by atoms with Crippen molar-refractivity contribution < 1.29 is 32.9 Å². The van der Waals surface area contributed by atoms with Crippen molar-refractivity contribution in [3.8, 4) is 0 Å². The minimum atomic E-state index is -4.59. The van der Waals surface area contributed by atoms with Gasteiger partial charge in [-0.15, -0.1) is 0 Å². The highest BCUT2D eigenvalue weighted by Gasteiger charge is 2.23. The van der Waals surface area contributed by atoms with E-state index >= 15 is 0 Å². The smallest absolute Gasteiger partial charge is 0.268 e. The lowest BCUT2D eigenvalue weighted by molar-refractivity contribution is -0.870. The summed E-state index contributed by atoms with van der Waals surface area (Å²) in [6, 6.07) is -0.904. The zero-order valence-electron chi connectivity index (χ0n) is 32.3. The zero-order valence-corrected chi connectivity index (χ0v) is 33.2. The van der Waals surface area contributed by atoms with Gasteiger partial charge in [-0.2, -0.15) is 0 Å². The number of carbonyl (C=O) groups excluding carboxylic acids is 1. The topological polar surface area (TPSA) is 108 Å². The first-order valence-corrected chi connectivity index (χ1v) is 20.8. The minimum Gasteiger partial charge on any atom is -0.756 e. The number of carbonyl (C=O) groups is 1. The minimum absolute atomic E-state index is 0.0121. The summed E-state index contributed by atoms with van der Waals surface area (Å²) in [6.07, 6.45) is 42.4. The fraction of sp³-hybridized carbons (Fsp3) is 0.683. The van der Waals surface area contributed by atoms with Crippen LogP contribution in [0.2, 0.25) is 0 Å². The Balaban J connectivity index is 4.53. The van der Waals surface area contributed by atoms with Crippen molar-refractivity contribution in [2.24, 2.45) is 0 Å². The maximum absolute atomic E-state index is 12.8.